The molecule has 0 atom stereocenters. The van der Waals surface area contributed by atoms with Crippen molar-refractivity contribution in [3.63, 3.8) is 0 Å². The molecular weight excluding hydrogens is 252 g/mol. The summed E-state index contributed by atoms with van der Waals surface area (Å²) < 4.78 is 23.1. The fraction of sp³-hybridized carbons (Fsp3) is 0.417. The van der Waals surface area contributed by atoms with Gasteiger partial charge in [-0.25, -0.2) is 8.42 Å². The molecule has 0 aliphatic rings. The minimum absolute atomic E-state index is 0.0658. The lowest BCUT2D eigenvalue weighted by molar-refractivity contribution is 0.0950. The Balaban J connectivity index is 2.80. The van der Waals surface area contributed by atoms with E-state index in [-0.39, 0.29) is 16.4 Å². The third-order valence-corrected chi connectivity index (χ3v) is 3.58. The molecule has 0 saturated heterocycles. The van der Waals surface area contributed by atoms with Crippen LogP contribution in [0.15, 0.2) is 29.2 Å². The summed E-state index contributed by atoms with van der Waals surface area (Å²) in [6, 6.07) is 6.22. The van der Waals surface area contributed by atoms with Gasteiger partial charge in [-0.15, -0.1) is 0 Å². The number of carbonyl (C=O) groups excluding carboxylic acids is 1. The molecule has 0 saturated carbocycles. The molecule has 0 fully saturated rings. The predicted molar refractivity (Wildman–Crippen MR) is 70.4 cm³/mol. The largest absolute Gasteiger partial charge is 0.352 e. The first-order valence-corrected chi connectivity index (χ1v) is 7.58. The van der Waals surface area contributed by atoms with Gasteiger partial charge < -0.3 is 10.6 Å². The monoisotopic (exact) mass is 270 g/mol. The molecule has 1 aromatic carbocycles. The zero-order valence-corrected chi connectivity index (χ0v) is 11.4. The molecule has 0 spiro atoms. The fourth-order valence-electron chi connectivity index (χ4n) is 1.54. The SMILES string of the molecule is CNCCCNC(=O)c1ccccc1S(C)(=O)=O. The Morgan fingerprint density at radius 1 is 1.22 bits per heavy atom. The standard InChI is InChI=1S/C12H18N2O3S/c1-13-8-5-9-14-12(15)10-6-3-4-7-11(10)18(2,16)17/h3-4,6-7,13H,5,8-9H2,1-2H3,(H,14,15). The number of hydrogen-bond donors (Lipinski definition) is 2. The summed E-state index contributed by atoms with van der Waals surface area (Å²) in [6.45, 7) is 1.31. The van der Waals surface area contributed by atoms with Crippen LogP contribution in [-0.2, 0) is 9.84 Å². The summed E-state index contributed by atoms with van der Waals surface area (Å²) >= 11 is 0. The van der Waals surface area contributed by atoms with Crippen LogP contribution in [0.5, 0.6) is 0 Å². The molecule has 5 nitrogen and oxygen atoms in total. The fourth-order valence-corrected chi connectivity index (χ4v) is 2.43. The number of carbonyl (C=O) groups is 1. The van der Waals surface area contributed by atoms with Crippen LogP contribution >= 0.6 is 0 Å². The van der Waals surface area contributed by atoms with E-state index in [0.717, 1.165) is 19.2 Å². The van der Waals surface area contributed by atoms with Crippen molar-refractivity contribution in [1.29, 1.82) is 0 Å². The normalized spacial score (nSPS) is 11.2. The molecule has 1 amide bonds. The van der Waals surface area contributed by atoms with Gasteiger partial charge in [0.2, 0.25) is 0 Å². The van der Waals surface area contributed by atoms with Crippen molar-refractivity contribution in [2.75, 3.05) is 26.4 Å². The first kappa shape index (κ1) is 14.7. The van der Waals surface area contributed by atoms with Gasteiger partial charge in [-0.3, -0.25) is 4.79 Å². The van der Waals surface area contributed by atoms with Crippen molar-refractivity contribution in [1.82, 2.24) is 10.6 Å². The Hall–Kier alpha value is -1.40. The number of hydrogen-bond acceptors (Lipinski definition) is 4. The highest BCUT2D eigenvalue weighted by atomic mass is 32.2. The Morgan fingerprint density at radius 2 is 1.89 bits per heavy atom. The van der Waals surface area contributed by atoms with Gasteiger partial charge in [0.05, 0.1) is 10.5 Å². The van der Waals surface area contributed by atoms with Gasteiger partial charge in [0.25, 0.3) is 5.91 Å². The maximum absolute atomic E-state index is 11.9. The number of amides is 1. The minimum Gasteiger partial charge on any atom is -0.352 e. The maximum Gasteiger partial charge on any atom is 0.252 e. The topological polar surface area (TPSA) is 75.3 Å². The van der Waals surface area contributed by atoms with Crippen molar-refractivity contribution in [3.05, 3.63) is 29.8 Å². The van der Waals surface area contributed by atoms with Crippen LogP contribution in [-0.4, -0.2) is 40.7 Å². The highest BCUT2D eigenvalue weighted by Gasteiger charge is 2.17. The van der Waals surface area contributed by atoms with E-state index < -0.39 is 9.84 Å². The average Bonchev–Trinajstić information content (AvgIpc) is 2.33. The van der Waals surface area contributed by atoms with Crippen LogP contribution in [0, 0.1) is 0 Å². The predicted octanol–water partition coefficient (Wildman–Crippen LogP) is 0.429. The second-order valence-corrected chi connectivity index (χ2v) is 5.97. The van der Waals surface area contributed by atoms with E-state index >= 15 is 0 Å². The minimum atomic E-state index is -3.39. The Labute approximate surface area is 108 Å². The lowest BCUT2D eigenvalue weighted by atomic mass is 10.2. The van der Waals surface area contributed by atoms with Crippen molar-refractivity contribution >= 4 is 15.7 Å². The molecule has 0 aromatic heterocycles. The molecule has 0 unspecified atom stereocenters. The van der Waals surface area contributed by atoms with E-state index in [4.69, 9.17) is 0 Å². The van der Waals surface area contributed by atoms with E-state index in [9.17, 15) is 13.2 Å². The van der Waals surface area contributed by atoms with Gasteiger partial charge >= 0.3 is 0 Å². The van der Waals surface area contributed by atoms with Gasteiger partial charge in [0, 0.05) is 12.8 Å². The Kier molecular flexibility index (Phi) is 5.30. The highest BCUT2D eigenvalue weighted by molar-refractivity contribution is 7.90. The molecular formula is C12H18N2O3S. The number of nitrogens with one attached hydrogen (secondary N) is 2. The Morgan fingerprint density at radius 3 is 2.50 bits per heavy atom. The van der Waals surface area contributed by atoms with E-state index in [1.807, 2.05) is 7.05 Å². The molecule has 1 rings (SSSR count). The van der Waals surface area contributed by atoms with Gasteiger partial charge in [-0.2, -0.15) is 0 Å². The molecule has 6 heteroatoms. The molecule has 18 heavy (non-hydrogen) atoms. The lowest BCUT2D eigenvalue weighted by Crippen LogP contribution is -2.27. The smallest absolute Gasteiger partial charge is 0.252 e. The van der Waals surface area contributed by atoms with Gasteiger partial charge in [-0.05, 0) is 32.1 Å². The first-order valence-electron chi connectivity index (χ1n) is 5.68. The average molecular weight is 270 g/mol. The van der Waals surface area contributed by atoms with Crippen LogP contribution in [0.25, 0.3) is 0 Å². The van der Waals surface area contributed by atoms with Crippen LogP contribution in [0.2, 0.25) is 0 Å². The summed E-state index contributed by atoms with van der Waals surface area (Å²) in [5, 5.41) is 5.67. The van der Waals surface area contributed by atoms with Gasteiger partial charge in [0.1, 0.15) is 0 Å². The molecule has 0 heterocycles. The summed E-state index contributed by atoms with van der Waals surface area (Å²) in [5.41, 5.74) is 0.199. The second kappa shape index (κ2) is 6.51. The lowest BCUT2D eigenvalue weighted by Gasteiger charge is -2.08. The van der Waals surface area contributed by atoms with Crippen molar-refractivity contribution < 1.29 is 13.2 Å². The van der Waals surface area contributed by atoms with E-state index in [0.29, 0.717) is 6.54 Å². The van der Waals surface area contributed by atoms with Crippen molar-refractivity contribution in [2.45, 2.75) is 11.3 Å². The zero-order chi connectivity index (χ0) is 13.6. The van der Waals surface area contributed by atoms with E-state index in [1.165, 1.54) is 12.1 Å². The van der Waals surface area contributed by atoms with Crippen LogP contribution in [0.4, 0.5) is 0 Å². The summed E-state index contributed by atoms with van der Waals surface area (Å²) in [7, 11) is -1.55. The maximum atomic E-state index is 11.9. The van der Waals surface area contributed by atoms with Crippen LogP contribution in [0.1, 0.15) is 16.8 Å². The van der Waals surface area contributed by atoms with Crippen molar-refractivity contribution in [3.8, 4) is 0 Å². The zero-order valence-electron chi connectivity index (χ0n) is 10.6. The number of rotatable bonds is 6. The third kappa shape index (κ3) is 4.12. The molecule has 1 aromatic rings. The molecule has 100 valence electrons. The molecule has 2 N–H and O–H groups in total. The van der Waals surface area contributed by atoms with E-state index in [2.05, 4.69) is 10.6 Å². The molecule has 0 radical (unpaired) electrons. The molecule has 0 aliphatic heterocycles. The Bertz CT molecular complexity index is 512. The molecule has 0 bridgehead atoms. The molecule has 0 aliphatic carbocycles. The number of benzene rings is 1. The quantitative estimate of drug-likeness (QED) is 0.735. The van der Waals surface area contributed by atoms with Gasteiger partial charge in [0.15, 0.2) is 9.84 Å². The summed E-state index contributed by atoms with van der Waals surface area (Å²) in [5.74, 6) is -0.355. The highest BCUT2D eigenvalue weighted by Crippen LogP contribution is 2.14. The summed E-state index contributed by atoms with van der Waals surface area (Å²) in [4.78, 5) is 11.9. The second-order valence-electron chi connectivity index (χ2n) is 3.98. The summed E-state index contributed by atoms with van der Waals surface area (Å²) in [6.07, 6.45) is 1.89. The first-order chi connectivity index (χ1) is 8.46. The van der Waals surface area contributed by atoms with Crippen molar-refractivity contribution in [2.24, 2.45) is 0 Å². The van der Waals surface area contributed by atoms with Gasteiger partial charge in [-0.1, -0.05) is 12.1 Å². The third-order valence-electron chi connectivity index (χ3n) is 2.42. The van der Waals surface area contributed by atoms with Crippen LogP contribution < -0.4 is 10.6 Å². The van der Waals surface area contributed by atoms with Crippen LogP contribution in [0.3, 0.4) is 0 Å². The number of sulfone groups is 1. The van der Waals surface area contributed by atoms with E-state index in [1.54, 1.807) is 12.1 Å².